The molecule has 2 rings (SSSR count). The van der Waals surface area contributed by atoms with E-state index < -0.39 is 0 Å². The maximum Gasteiger partial charge on any atom is 0.224 e. The van der Waals surface area contributed by atoms with Gasteiger partial charge < -0.3 is 16.0 Å². The van der Waals surface area contributed by atoms with Crippen LogP contribution in [-0.2, 0) is 11.2 Å². The number of rotatable bonds is 4. The van der Waals surface area contributed by atoms with E-state index in [1.807, 2.05) is 18.2 Å². The highest BCUT2D eigenvalue weighted by Gasteiger charge is 2.14. The van der Waals surface area contributed by atoms with Gasteiger partial charge in [-0.3, -0.25) is 4.79 Å². The van der Waals surface area contributed by atoms with Crippen molar-refractivity contribution in [1.29, 1.82) is 0 Å². The SMILES string of the molecule is CNC(=O)Cc1ccccc1NC1CCNCC1. The van der Waals surface area contributed by atoms with Gasteiger partial charge in [0.2, 0.25) is 5.91 Å². The highest BCUT2D eigenvalue weighted by molar-refractivity contribution is 5.80. The lowest BCUT2D eigenvalue weighted by Crippen LogP contribution is -2.35. The van der Waals surface area contributed by atoms with Crippen LogP contribution < -0.4 is 16.0 Å². The van der Waals surface area contributed by atoms with Gasteiger partial charge in [0.25, 0.3) is 0 Å². The Morgan fingerprint density at radius 2 is 2.06 bits per heavy atom. The average Bonchev–Trinajstić information content (AvgIpc) is 2.42. The summed E-state index contributed by atoms with van der Waals surface area (Å²) in [5.74, 6) is 0.0505. The molecule has 0 saturated carbocycles. The largest absolute Gasteiger partial charge is 0.382 e. The van der Waals surface area contributed by atoms with Crippen LogP contribution in [0.15, 0.2) is 24.3 Å². The van der Waals surface area contributed by atoms with Crippen LogP contribution in [0.25, 0.3) is 0 Å². The van der Waals surface area contributed by atoms with E-state index in [2.05, 4.69) is 22.0 Å². The summed E-state index contributed by atoms with van der Waals surface area (Å²) < 4.78 is 0. The molecule has 1 fully saturated rings. The van der Waals surface area contributed by atoms with Gasteiger partial charge >= 0.3 is 0 Å². The molecule has 1 heterocycles. The first-order valence-corrected chi connectivity index (χ1v) is 6.55. The lowest BCUT2D eigenvalue weighted by molar-refractivity contribution is -0.119. The third-order valence-electron chi connectivity index (χ3n) is 3.35. The standard InChI is InChI=1S/C14H21N3O/c1-15-14(18)10-11-4-2-3-5-13(11)17-12-6-8-16-9-7-12/h2-5,12,16-17H,6-10H2,1H3,(H,15,18). The highest BCUT2D eigenvalue weighted by Crippen LogP contribution is 2.19. The Labute approximate surface area is 108 Å². The average molecular weight is 247 g/mol. The van der Waals surface area contributed by atoms with Crippen LogP contribution in [0.2, 0.25) is 0 Å². The van der Waals surface area contributed by atoms with Crippen molar-refractivity contribution in [3.63, 3.8) is 0 Å². The molecule has 0 spiro atoms. The van der Waals surface area contributed by atoms with Crippen LogP contribution in [0.3, 0.4) is 0 Å². The minimum absolute atomic E-state index is 0.0505. The van der Waals surface area contributed by atoms with Crippen LogP contribution in [-0.4, -0.2) is 32.1 Å². The van der Waals surface area contributed by atoms with Crippen molar-refractivity contribution in [2.75, 3.05) is 25.5 Å². The molecule has 3 N–H and O–H groups in total. The number of piperidine rings is 1. The molecular formula is C14H21N3O. The fraction of sp³-hybridized carbons (Fsp3) is 0.500. The molecule has 1 amide bonds. The Balaban J connectivity index is 2.04. The van der Waals surface area contributed by atoms with Gasteiger partial charge in [0.15, 0.2) is 0 Å². The van der Waals surface area contributed by atoms with Crippen molar-refractivity contribution < 1.29 is 4.79 Å². The zero-order chi connectivity index (χ0) is 12.8. The number of hydrogen-bond donors (Lipinski definition) is 3. The van der Waals surface area contributed by atoms with Gasteiger partial charge in [-0.05, 0) is 37.6 Å². The van der Waals surface area contributed by atoms with Crippen molar-refractivity contribution >= 4 is 11.6 Å². The van der Waals surface area contributed by atoms with Crippen molar-refractivity contribution in [3.05, 3.63) is 29.8 Å². The number of hydrogen-bond acceptors (Lipinski definition) is 3. The van der Waals surface area contributed by atoms with Crippen LogP contribution in [0.1, 0.15) is 18.4 Å². The number of benzene rings is 1. The fourth-order valence-corrected chi connectivity index (χ4v) is 2.26. The monoisotopic (exact) mass is 247 g/mol. The molecule has 98 valence electrons. The fourth-order valence-electron chi connectivity index (χ4n) is 2.26. The van der Waals surface area contributed by atoms with Crippen LogP contribution in [0.4, 0.5) is 5.69 Å². The summed E-state index contributed by atoms with van der Waals surface area (Å²) in [7, 11) is 1.67. The molecule has 1 aromatic carbocycles. The normalized spacial score (nSPS) is 16.3. The van der Waals surface area contributed by atoms with Gasteiger partial charge in [-0.1, -0.05) is 18.2 Å². The molecule has 18 heavy (non-hydrogen) atoms. The maximum absolute atomic E-state index is 11.5. The van der Waals surface area contributed by atoms with Crippen molar-refractivity contribution in [2.45, 2.75) is 25.3 Å². The Hall–Kier alpha value is -1.55. The molecule has 1 aliphatic rings. The first kappa shape index (κ1) is 12.9. The quantitative estimate of drug-likeness (QED) is 0.748. The Kier molecular flexibility index (Phi) is 4.59. The third kappa shape index (κ3) is 3.47. The molecule has 4 nitrogen and oxygen atoms in total. The van der Waals surface area contributed by atoms with Gasteiger partial charge in [-0.15, -0.1) is 0 Å². The molecule has 4 heteroatoms. The second kappa shape index (κ2) is 6.40. The minimum atomic E-state index is 0.0505. The van der Waals surface area contributed by atoms with E-state index in [1.165, 1.54) is 0 Å². The molecule has 0 unspecified atom stereocenters. The smallest absolute Gasteiger partial charge is 0.224 e. The summed E-state index contributed by atoms with van der Waals surface area (Å²) in [6.45, 7) is 2.13. The Bertz CT molecular complexity index is 400. The number of carbonyl (C=O) groups excluding carboxylic acids is 1. The summed E-state index contributed by atoms with van der Waals surface area (Å²) in [6, 6.07) is 8.57. The summed E-state index contributed by atoms with van der Waals surface area (Å²) in [6.07, 6.45) is 2.70. The maximum atomic E-state index is 11.5. The Morgan fingerprint density at radius 3 is 2.78 bits per heavy atom. The van der Waals surface area contributed by atoms with Crippen molar-refractivity contribution in [3.8, 4) is 0 Å². The molecule has 0 atom stereocenters. The summed E-state index contributed by atoms with van der Waals surface area (Å²) in [4.78, 5) is 11.5. The summed E-state index contributed by atoms with van der Waals surface area (Å²) in [5, 5.41) is 9.58. The predicted molar refractivity (Wildman–Crippen MR) is 73.7 cm³/mol. The Morgan fingerprint density at radius 1 is 1.33 bits per heavy atom. The van der Waals surface area contributed by atoms with Crippen LogP contribution >= 0.6 is 0 Å². The van der Waals surface area contributed by atoms with E-state index in [4.69, 9.17) is 0 Å². The first-order valence-electron chi connectivity index (χ1n) is 6.55. The number of likely N-dealkylation sites (N-methyl/N-ethyl adjacent to an activating group) is 1. The van der Waals surface area contributed by atoms with E-state index in [-0.39, 0.29) is 5.91 Å². The number of nitrogens with one attached hydrogen (secondary N) is 3. The summed E-state index contributed by atoms with van der Waals surface area (Å²) in [5.41, 5.74) is 2.16. The number of carbonyl (C=O) groups is 1. The molecule has 1 saturated heterocycles. The topological polar surface area (TPSA) is 53.2 Å². The van der Waals surface area contributed by atoms with Gasteiger partial charge in [0.05, 0.1) is 6.42 Å². The molecule has 0 radical (unpaired) electrons. The number of amides is 1. The van der Waals surface area contributed by atoms with Crippen molar-refractivity contribution in [1.82, 2.24) is 10.6 Å². The highest BCUT2D eigenvalue weighted by atomic mass is 16.1. The van der Waals surface area contributed by atoms with Crippen LogP contribution in [0, 0.1) is 0 Å². The van der Waals surface area contributed by atoms with E-state index in [1.54, 1.807) is 7.05 Å². The second-order valence-electron chi connectivity index (χ2n) is 4.68. The zero-order valence-corrected chi connectivity index (χ0v) is 10.8. The number of anilines is 1. The second-order valence-corrected chi connectivity index (χ2v) is 4.68. The number of para-hydroxylation sites is 1. The summed E-state index contributed by atoms with van der Waals surface area (Å²) >= 11 is 0. The van der Waals surface area contributed by atoms with Gasteiger partial charge in [0, 0.05) is 18.8 Å². The van der Waals surface area contributed by atoms with Gasteiger partial charge in [-0.25, -0.2) is 0 Å². The predicted octanol–water partition coefficient (Wildman–Crippen LogP) is 1.14. The first-order chi connectivity index (χ1) is 8.79. The lowest BCUT2D eigenvalue weighted by Gasteiger charge is -2.25. The van der Waals surface area contributed by atoms with E-state index in [9.17, 15) is 4.79 Å². The van der Waals surface area contributed by atoms with E-state index >= 15 is 0 Å². The van der Waals surface area contributed by atoms with Crippen LogP contribution in [0.5, 0.6) is 0 Å². The molecule has 0 aliphatic carbocycles. The van der Waals surface area contributed by atoms with Gasteiger partial charge in [-0.2, -0.15) is 0 Å². The van der Waals surface area contributed by atoms with E-state index in [0.717, 1.165) is 37.2 Å². The molecule has 1 aliphatic heterocycles. The molecule has 1 aromatic rings. The minimum Gasteiger partial charge on any atom is -0.382 e. The van der Waals surface area contributed by atoms with E-state index in [0.29, 0.717) is 12.5 Å². The molecular weight excluding hydrogens is 226 g/mol. The molecule has 0 bridgehead atoms. The lowest BCUT2D eigenvalue weighted by atomic mass is 10.0. The van der Waals surface area contributed by atoms with Crippen molar-refractivity contribution in [2.24, 2.45) is 0 Å². The molecule has 0 aromatic heterocycles. The zero-order valence-electron chi connectivity index (χ0n) is 10.8. The van der Waals surface area contributed by atoms with Gasteiger partial charge in [0.1, 0.15) is 0 Å². The third-order valence-corrected chi connectivity index (χ3v) is 3.35.